The van der Waals surface area contributed by atoms with Crippen molar-refractivity contribution >= 4 is 28.9 Å². The molecular weight excluding hydrogens is 364 g/mol. The van der Waals surface area contributed by atoms with Gasteiger partial charge in [0.05, 0.1) is 13.7 Å². The van der Waals surface area contributed by atoms with Gasteiger partial charge >= 0.3 is 5.97 Å². The van der Waals surface area contributed by atoms with Crippen LogP contribution in [0.15, 0.2) is 54.6 Å². The van der Waals surface area contributed by atoms with Crippen LogP contribution in [-0.2, 0) is 14.3 Å². The fraction of sp³-hybridized carbons (Fsp3) is 0.273. The summed E-state index contributed by atoms with van der Waals surface area (Å²) in [6, 6.07) is 14.8. The molecule has 2 aromatic rings. The number of benzene rings is 2. The number of rotatable bonds is 5. The van der Waals surface area contributed by atoms with E-state index in [1.54, 1.807) is 26.2 Å². The Morgan fingerprint density at radius 1 is 1.19 bits per heavy atom. The first-order valence-electron chi connectivity index (χ1n) is 8.84. The van der Waals surface area contributed by atoms with Crippen LogP contribution in [0.1, 0.15) is 30.4 Å². The van der Waals surface area contributed by atoms with E-state index in [1.165, 1.54) is 0 Å². The highest BCUT2D eigenvalue weighted by Gasteiger charge is 2.39. The molecule has 0 amide bonds. The second-order valence-electron chi connectivity index (χ2n) is 6.40. The molecule has 4 nitrogen and oxygen atoms in total. The Balaban J connectivity index is 2.00. The van der Waals surface area contributed by atoms with Crippen LogP contribution in [0.25, 0.3) is 5.57 Å². The summed E-state index contributed by atoms with van der Waals surface area (Å²) < 4.78 is 10.4. The largest absolute Gasteiger partial charge is 0.497 e. The second-order valence-corrected chi connectivity index (χ2v) is 6.83. The van der Waals surface area contributed by atoms with E-state index in [2.05, 4.69) is 0 Å². The lowest BCUT2D eigenvalue weighted by molar-refractivity contribution is -0.151. The molecule has 0 saturated carbocycles. The van der Waals surface area contributed by atoms with Crippen LogP contribution in [0.3, 0.4) is 0 Å². The molecule has 0 aliphatic heterocycles. The van der Waals surface area contributed by atoms with Gasteiger partial charge in [-0.1, -0.05) is 35.9 Å². The minimum absolute atomic E-state index is 0.236. The number of ketones is 1. The molecule has 1 aliphatic rings. The van der Waals surface area contributed by atoms with Crippen molar-refractivity contribution in [2.75, 3.05) is 13.7 Å². The number of halogens is 1. The van der Waals surface area contributed by atoms with Crippen LogP contribution >= 0.6 is 11.6 Å². The van der Waals surface area contributed by atoms with Gasteiger partial charge in [-0.25, -0.2) is 0 Å². The molecule has 27 heavy (non-hydrogen) atoms. The fourth-order valence-corrected chi connectivity index (χ4v) is 3.64. The number of hydrogen-bond donors (Lipinski definition) is 0. The Morgan fingerprint density at radius 2 is 1.93 bits per heavy atom. The van der Waals surface area contributed by atoms with Gasteiger partial charge in [-0.05, 0) is 60.4 Å². The first kappa shape index (κ1) is 19.2. The van der Waals surface area contributed by atoms with E-state index in [0.717, 1.165) is 22.4 Å². The summed E-state index contributed by atoms with van der Waals surface area (Å²) in [5.41, 5.74) is 2.67. The topological polar surface area (TPSA) is 52.6 Å². The lowest BCUT2D eigenvalue weighted by Crippen LogP contribution is -2.34. The van der Waals surface area contributed by atoms with Crippen molar-refractivity contribution in [1.82, 2.24) is 0 Å². The molecule has 0 heterocycles. The Labute approximate surface area is 163 Å². The minimum atomic E-state index is -0.856. The number of carbonyl (C=O) groups excluding carboxylic acids is 2. The van der Waals surface area contributed by atoms with Gasteiger partial charge < -0.3 is 9.47 Å². The zero-order valence-electron chi connectivity index (χ0n) is 15.3. The quantitative estimate of drug-likeness (QED) is 0.555. The standard InChI is InChI=1S/C22H21ClO4/c1-3-27-22(25)21-19(15-5-4-6-17(23)11-15)12-16(13-20(21)24)14-7-9-18(26-2)10-8-14/h4-11,13,19,21H,3,12H2,1-2H3/t19-,21-/m1/s1. The summed E-state index contributed by atoms with van der Waals surface area (Å²) in [7, 11) is 1.61. The smallest absolute Gasteiger partial charge is 0.317 e. The third kappa shape index (κ3) is 4.22. The fourth-order valence-electron chi connectivity index (χ4n) is 3.44. The Hall–Kier alpha value is -2.59. The molecule has 2 atom stereocenters. The summed E-state index contributed by atoms with van der Waals surface area (Å²) in [5.74, 6) is -1.16. The number of esters is 1. The van der Waals surface area contributed by atoms with Gasteiger partial charge in [0.15, 0.2) is 5.78 Å². The van der Waals surface area contributed by atoms with Gasteiger partial charge in [0.25, 0.3) is 0 Å². The maximum absolute atomic E-state index is 12.9. The molecule has 0 fully saturated rings. The van der Waals surface area contributed by atoms with Crippen LogP contribution < -0.4 is 4.74 Å². The zero-order chi connectivity index (χ0) is 19.4. The number of carbonyl (C=O) groups is 2. The summed E-state index contributed by atoms with van der Waals surface area (Å²) >= 11 is 6.15. The lowest BCUT2D eigenvalue weighted by Gasteiger charge is -2.29. The van der Waals surface area contributed by atoms with Crippen LogP contribution in [0, 0.1) is 5.92 Å². The van der Waals surface area contributed by atoms with E-state index < -0.39 is 11.9 Å². The van der Waals surface area contributed by atoms with Crippen molar-refractivity contribution in [3.8, 4) is 5.75 Å². The predicted octanol–water partition coefficient (Wildman–Crippen LogP) is 4.67. The third-order valence-corrected chi connectivity index (χ3v) is 4.98. The van der Waals surface area contributed by atoms with E-state index in [9.17, 15) is 9.59 Å². The summed E-state index contributed by atoms with van der Waals surface area (Å²) in [4.78, 5) is 25.3. The van der Waals surface area contributed by atoms with Gasteiger partial charge in [0.2, 0.25) is 0 Å². The van der Waals surface area contributed by atoms with Crippen LogP contribution in [0.2, 0.25) is 5.02 Å². The molecule has 0 unspecified atom stereocenters. The van der Waals surface area contributed by atoms with Crippen LogP contribution in [0.5, 0.6) is 5.75 Å². The minimum Gasteiger partial charge on any atom is -0.497 e. The monoisotopic (exact) mass is 384 g/mol. The van der Waals surface area contributed by atoms with Gasteiger partial charge in [-0.2, -0.15) is 0 Å². The highest BCUT2D eigenvalue weighted by molar-refractivity contribution is 6.30. The highest BCUT2D eigenvalue weighted by atomic mass is 35.5. The van der Waals surface area contributed by atoms with E-state index in [-0.39, 0.29) is 18.3 Å². The molecule has 2 aromatic carbocycles. The maximum Gasteiger partial charge on any atom is 0.317 e. The number of hydrogen-bond acceptors (Lipinski definition) is 4. The second kappa shape index (κ2) is 8.40. The normalized spacial score (nSPS) is 19.4. The Kier molecular flexibility index (Phi) is 5.97. The van der Waals surface area contributed by atoms with Gasteiger partial charge in [-0.3, -0.25) is 9.59 Å². The van der Waals surface area contributed by atoms with Crippen molar-refractivity contribution in [1.29, 1.82) is 0 Å². The van der Waals surface area contributed by atoms with E-state index in [4.69, 9.17) is 21.1 Å². The molecule has 1 aliphatic carbocycles. The molecule has 0 spiro atoms. The van der Waals surface area contributed by atoms with Crippen molar-refractivity contribution in [2.24, 2.45) is 5.92 Å². The summed E-state index contributed by atoms with van der Waals surface area (Å²) in [6.45, 7) is 1.97. The Bertz CT molecular complexity index is 870. The summed E-state index contributed by atoms with van der Waals surface area (Å²) in [5, 5.41) is 0.572. The average Bonchev–Trinajstić information content (AvgIpc) is 2.67. The van der Waals surface area contributed by atoms with Crippen LogP contribution in [-0.4, -0.2) is 25.5 Å². The van der Waals surface area contributed by atoms with E-state index in [1.807, 2.05) is 42.5 Å². The van der Waals surface area contributed by atoms with Crippen LogP contribution in [0.4, 0.5) is 0 Å². The summed E-state index contributed by atoms with van der Waals surface area (Å²) in [6.07, 6.45) is 2.10. The predicted molar refractivity (Wildman–Crippen MR) is 105 cm³/mol. The molecular formula is C22H21ClO4. The van der Waals surface area contributed by atoms with Crippen molar-refractivity contribution in [3.05, 3.63) is 70.8 Å². The molecule has 0 radical (unpaired) electrons. The van der Waals surface area contributed by atoms with Gasteiger partial charge in [0.1, 0.15) is 11.7 Å². The van der Waals surface area contributed by atoms with Crippen molar-refractivity contribution < 1.29 is 19.1 Å². The molecule has 5 heteroatoms. The first-order valence-corrected chi connectivity index (χ1v) is 9.22. The average molecular weight is 385 g/mol. The lowest BCUT2D eigenvalue weighted by atomic mass is 9.73. The van der Waals surface area contributed by atoms with Crippen molar-refractivity contribution in [3.63, 3.8) is 0 Å². The number of allylic oxidation sites excluding steroid dienone is 2. The van der Waals surface area contributed by atoms with E-state index in [0.29, 0.717) is 11.4 Å². The third-order valence-electron chi connectivity index (χ3n) is 4.74. The molecule has 0 bridgehead atoms. The Morgan fingerprint density at radius 3 is 2.56 bits per heavy atom. The first-order chi connectivity index (χ1) is 13.0. The highest BCUT2D eigenvalue weighted by Crippen LogP contribution is 2.41. The number of ether oxygens (including phenoxy) is 2. The molecule has 0 aromatic heterocycles. The van der Waals surface area contributed by atoms with E-state index >= 15 is 0 Å². The van der Waals surface area contributed by atoms with Gasteiger partial charge in [0, 0.05) is 10.9 Å². The molecule has 3 rings (SSSR count). The molecule has 140 valence electrons. The SMILES string of the molecule is CCOC(=O)[C@H]1C(=O)C=C(c2ccc(OC)cc2)C[C@@H]1c1cccc(Cl)c1. The molecule has 0 N–H and O–H groups in total. The number of methoxy groups -OCH3 is 1. The van der Waals surface area contributed by atoms with Crippen molar-refractivity contribution in [2.45, 2.75) is 19.3 Å². The maximum atomic E-state index is 12.9. The zero-order valence-corrected chi connectivity index (χ0v) is 16.0. The molecule has 0 saturated heterocycles. The van der Waals surface area contributed by atoms with Gasteiger partial charge in [-0.15, -0.1) is 0 Å².